The van der Waals surface area contributed by atoms with E-state index in [-0.39, 0.29) is 17.4 Å². The van der Waals surface area contributed by atoms with Gasteiger partial charge in [-0.25, -0.2) is 9.97 Å². The number of rotatable bonds is 6. The number of H-pyrrole nitrogens is 1. The summed E-state index contributed by atoms with van der Waals surface area (Å²) in [4.78, 5) is 41.8. The fraction of sp³-hybridized carbons (Fsp3) is 0.360. The summed E-state index contributed by atoms with van der Waals surface area (Å²) in [6.07, 6.45) is 2.04. The van der Waals surface area contributed by atoms with Crippen molar-refractivity contribution in [1.29, 1.82) is 0 Å². The van der Waals surface area contributed by atoms with Crippen LogP contribution in [0.3, 0.4) is 0 Å². The lowest BCUT2D eigenvalue weighted by Crippen LogP contribution is -2.44. The van der Waals surface area contributed by atoms with E-state index in [1.807, 2.05) is 53.1 Å². The monoisotopic (exact) mass is 461 g/mol. The highest BCUT2D eigenvalue weighted by Crippen LogP contribution is 2.33. The maximum Gasteiger partial charge on any atom is 0.258 e. The first kappa shape index (κ1) is 21.7. The third-order valence-corrected chi connectivity index (χ3v) is 7.47. The Balaban J connectivity index is 1.26. The molecule has 1 saturated heterocycles. The molecule has 33 heavy (non-hydrogen) atoms. The molecule has 5 rings (SSSR count). The molecule has 0 aliphatic carbocycles. The van der Waals surface area contributed by atoms with E-state index in [1.54, 1.807) is 17.4 Å². The molecular weight excluding hydrogens is 434 g/mol. The number of carbonyl (C=O) groups is 1. The van der Waals surface area contributed by atoms with Gasteiger partial charge in [0.1, 0.15) is 5.82 Å². The Bertz CT molecular complexity index is 1310. The van der Waals surface area contributed by atoms with Crippen molar-refractivity contribution in [3.05, 3.63) is 69.7 Å². The number of nitrogens with one attached hydrogen (secondary N) is 1. The number of hydrogen-bond donors (Lipinski definition) is 1. The molecule has 2 aromatic carbocycles. The second kappa shape index (κ2) is 9.41. The van der Waals surface area contributed by atoms with E-state index in [4.69, 9.17) is 4.98 Å². The second-order valence-electron chi connectivity index (χ2n) is 8.53. The van der Waals surface area contributed by atoms with Gasteiger partial charge in [-0.2, -0.15) is 0 Å². The molecule has 1 unspecified atom stereocenters. The van der Waals surface area contributed by atoms with Crippen LogP contribution < -0.4 is 5.56 Å². The molecule has 7 nitrogen and oxygen atoms in total. The molecule has 1 N–H and O–H groups in total. The fourth-order valence-corrected chi connectivity index (χ4v) is 5.56. The number of likely N-dealkylation sites (tertiary alicyclic amines) is 1. The highest BCUT2D eigenvalue weighted by atomic mass is 32.1. The van der Waals surface area contributed by atoms with Gasteiger partial charge in [0.2, 0.25) is 5.91 Å². The molecule has 3 heterocycles. The summed E-state index contributed by atoms with van der Waals surface area (Å²) in [5.41, 5.74) is 1.57. The van der Waals surface area contributed by atoms with E-state index in [2.05, 4.69) is 16.0 Å². The molecule has 1 amide bonds. The molecule has 0 bridgehead atoms. The Hall–Kier alpha value is -3.10. The van der Waals surface area contributed by atoms with Gasteiger partial charge in [-0.15, -0.1) is 11.3 Å². The predicted molar refractivity (Wildman–Crippen MR) is 131 cm³/mol. The van der Waals surface area contributed by atoms with Gasteiger partial charge in [-0.3, -0.25) is 14.5 Å². The summed E-state index contributed by atoms with van der Waals surface area (Å²) in [7, 11) is 0. The van der Waals surface area contributed by atoms with Crippen LogP contribution in [0.1, 0.15) is 36.5 Å². The summed E-state index contributed by atoms with van der Waals surface area (Å²) < 4.78 is 1.20. The summed E-state index contributed by atoms with van der Waals surface area (Å²) in [6.45, 7) is 4.94. The van der Waals surface area contributed by atoms with E-state index >= 15 is 0 Å². The number of likely N-dealkylation sites (N-methyl/N-ethyl adjacent to an activating group) is 1. The van der Waals surface area contributed by atoms with Crippen LogP contribution in [0.25, 0.3) is 21.1 Å². The van der Waals surface area contributed by atoms with Gasteiger partial charge in [0, 0.05) is 19.0 Å². The minimum Gasteiger partial charge on any atom is -0.341 e. The molecule has 170 valence electrons. The van der Waals surface area contributed by atoms with Crippen molar-refractivity contribution >= 4 is 38.4 Å². The number of nitrogens with zero attached hydrogens (tertiary/aromatic N) is 4. The lowest BCUT2D eigenvalue weighted by Gasteiger charge is -2.33. The van der Waals surface area contributed by atoms with Crippen LogP contribution in [-0.4, -0.2) is 56.8 Å². The number of carbonyl (C=O) groups excluding carboxylic acids is 1. The second-order valence-corrected chi connectivity index (χ2v) is 9.59. The minimum absolute atomic E-state index is 0.116. The van der Waals surface area contributed by atoms with Crippen molar-refractivity contribution in [3.63, 3.8) is 0 Å². The fourth-order valence-electron chi connectivity index (χ4n) is 4.46. The normalized spacial score (nSPS) is 16.7. The molecule has 0 spiro atoms. The SMILES string of the molecule is CCN(CC(=O)N1CCCC(c2nc3ccccc3s2)C1)Cc1nc2ccccc2c(=O)[nH]1. The van der Waals surface area contributed by atoms with Crippen molar-refractivity contribution in [2.75, 3.05) is 26.2 Å². The van der Waals surface area contributed by atoms with E-state index in [0.29, 0.717) is 42.9 Å². The number of amides is 1. The number of benzene rings is 2. The highest BCUT2D eigenvalue weighted by Gasteiger charge is 2.27. The summed E-state index contributed by atoms with van der Waals surface area (Å²) >= 11 is 1.74. The van der Waals surface area contributed by atoms with E-state index < -0.39 is 0 Å². The minimum atomic E-state index is -0.146. The van der Waals surface area contributed by atoms with Gasteiger partial charge in [0.05, 0.1) is 39.2 Å². The zero-order chi connectivity index (χ0) is 22.8. The van der Waals surface area contributed by atoms with E-state index in [1.165, 1.54) is 4.70 Å². The van der Waals surface area contributed by atoms with Crippen molar-refractivity contribution in [1.82, 2.24) is 24.8 Å². The quantitative estimate of drug-likeness (QED) is 0.473. The lowest BCUT2D eigenvalue weighted by molar-refractivity contribution is -0.133. The van der Waals surface area contributed by atoms with Crippen LogP contribution in [0.15, 0.2) is 53.3 Å². The summed E-state index contributed by atoms with van der Waals surface area (Å²) in [6, 6.07) is 15.5. The molecule has 1 aliphatic rings. The van der Waals surface area contributed by atoms with Gasteiger partial charge in [-0.1, -0.05) is 31.2 Å². The van der Waals surface area contributed by atoms with Crippen LogP contribution in [0, 0.1) is 0 Å². The number of fused-ring (bicyclic) bond motifs is 2. The van der Waals surface area contributed by atoms with Gasteiger partial charge in [0.25, 0.3) is 5.56 Å². The first-order valence-electron chi connectivity index (χ1n) is 11.4. The number of piperidine rings is 1. The Labute approximate surface area is 196 Å². The topological polar surface area (TPSA) is 82.2 Å². The zero-order valence-corrected chi connectivity index (χ0v) is 19.5. The first-order chi connectivity index (χ1) is 16.1. The van der Waals surface area contributed by atoms with Crippen molar-refractivity contribution in [2.45, 2.75) is 32.2 Å². The third-order valence-electron chi connectivity index (χ3n) is 6.28. The predicted octanol–water partition coefficient (Wildman–Crippen LogP) is 3.76. The number of hydrogen-bond acceptors (Lipinski definition) is 6. The average molecular weight is 462 g/mol. The van der Waals surface area contributed by atoms with Gasteiger partial charge in [-0.05, 0) is 43.7 Å². The largest absolute Gasteiger partial charge is 0.341 e. The zero-order valence-electron chi connectivity index (χ0n) is 18.7. The molecule has 0 radical (unpaired) electrons. The molecule has 8 heteroatoms. The van der Waals surface area contributed by atoms with E-state index in [0.717, 1.165) is 29.9 Å². The van der Waals surface area contributed by atoms with Crippen LogP contribution in [0.2, 0.25) is 0 Å². The molecule has 0 saturated carbocycles. The van der Waals surface area contributed by atoms with Crippen molar-refractivity contribution in [2.24, 2.45) is 0 Å². The lowest BCUT2D eigenvalue weighted by atomic mass is 9.98. The van der Waals surface area contributed by atoms with Gasteiger partial charge >= 0.3 is 0 Å². The first-order valence-corrected chi connectivity index (χ1v) is 12.3. The number of aromatic amines is 1. The Morgan fingerprint density at radius 3 is 2.76 bits per heavy atom. The Kier molecular flexibility index (Phi) is 6.20. The molecule has 2 aromatic heterocycles. The average Bonchev–Trinajstić information content (AvgIpc) is 3.28. The maximum atomic E-state index is 13.2. The smallest absolute Gasteiger partial charge is 0.258 e. The number of para-hydroxylation sites is 2. The van der Waals surface area contributed by atoms with Crippen molar-refractivity contribution in [3.8, 4) is 0 Å². The molecule has 1 atom stereocenters. The number of thiazole rings is 1. The van der Waals surface area contributed by atoms with Gasteiger partial charge in [0.15, 0.2) is 0 Å². The Morgan fingerprint density at radius 1 is 1.15 bits per heavy atom. The molecule has 4 aromatic rings. The molecule has 1 aliphatic heterocycles. The maximum absolute atomic E-state index is 13.2. The van der Waals surface area contributed by atoms with E-state index in [9.17, 15) is 9.59 Å². The molecular formula is C25H27N5O2S. The van der Waals surface area contributed by atoms with Crippen LogP contribution in [-0.2, 0) is 11.3 Å². The van der Waals surface area contributed by atoms with Crippen LogP contribution in [0.4, 0.5) is 0 Å². The summed E-state index contributed by atoms with van der Waals surface area (Å²) in [5.74, 6) is 0.985. The standard InChI is InChI=1S/C25H27N5O2S/c1-2-29(15-22-26-19-10-4-3-9-18(19)24(32)28-22)16-23(31)30-13-7-8-17(14-30)25-27-20-11-5-6-12-21(20)33-25/h3-6,9-12,17H,2,7-8,13-16H2,1H3,(H,26,28,32). The number of aromatic nitrogens is 3. The van der Waals surface area contributed by atoms with Crippen LogP contribution in [0.5, 0.6) is 0 Å². The third kappa shape index (κ3) is 4.67. The van der Waals surface area contributed by atoms with Crippen molar-refractivity contribution < 1.29 is 4.79 Å². The molecule has 1 fully saturated rings. The van der Waals surface area contributed by atoms with Gasteiger partial charge < -0.3 is 9.88 Å². The highest BCUT2D eigenvalue weighted by molar-refractivity contribution is 7.18. The summed E-state index contributed by atoms with van der Waals surface area (Å²) in [5, 5.41) is 1.70. The van der Waals surface area contributed by atoms with Crippen LogP contribution >= 0.6 is 11.3 Å². The Morgan fingerprint density at radius 2 is 1.94 bits per heavy atom.